The smallest absolute Gasteiger partial charge is 0.310 e. The molecule has 0 bridgehead atoms. The normalized spacial score (nSPS) is 22.2. The largest absolute Gasteiger partial charge is 0.466 e. The highest BCUT2D eigenvalue weighted by atomic mass is 32.2. The van der Waals surface area contributed by atoms with Crippen molar-refractivity contribution in [2.24, 2.45) is 5.92 Å². The van der Waals surface area contributed by atoms with E-state index in [0.29, 0.717) is 30.9 Å². The molecule has 24 heavy (non-hydrogen) atoms. The summed E-state index contributed by atoms with van der Waals surface area (Å²) in [5.74, 6) is -0.385. The summed E-state index contributed by atoms with van der Waals surface area (Å²) in [5.41, 5.74) is 0. The van der Waals surface area contributed by atoms with Crippen molar-refractivity contribution in [1.82, 2.24) is 25.1 Å². The zero-order valence-corrected chi connectivity index (χ0v) is 14.9. The number of tetrazole rings is 1. The first-order chi connectivity index (χ1) is 11.6. The van der Waals surface area contributed by atoms with Crippen LogP contribution in [0.25, 0.3) is 0 Å². The molecule has 3 rings (SSSR count). The molecule has 1 saturated heterocycles. The molecule has 1 saturated carbocycles. The number of carbonyl (C=O) groups is 2. The molecule has 132 valence electrons. The van der Waals surface area contributed by atoms with Gasteiger partial charge in [-0.25, -0.2) is 4.68 Å². The molecule has 1 aromatic rings. The molecule has 0 spiro atoms. The van der Waals surface area contributed by atoms with E-state index >= 15 is 0 Å². The summed E-state index contributed by atoms with van der Waals surface area (Å²) >= 11 is 1.39. The second-order valence-electron chi connectivity index (χ2n) is 6.27. The summed E-state index contributed by atoms with van der Waals surface area (Å²) < 4.78 is 6.90. The van der Waals surface area contributed by atoms with Crippen molar-refractivity contribution in [2.75, 3.05) is 19.7 Å². The van der Waals surface area contributed by atoms with Crippen LogP contribution < -0.4 is 0 Å². The molecule has 1 aliphatic carbocycles. The predicted molar refractivity (Wildman–Crippen MR) is 87.3 cm³/mol. The van der Waals surface area contributed by atoms with Gasteiger partial charge in [-0.3, -0.25) is 9.59 Å². The highest BCUT2D eigenvalue weighted by Crippen LogP contribution is 2.37. The number of carbonyl (C=O) groups excluding carboxylic acids is 2. The Morgan fingerprint density at radius 1 is 1.38 bits per heavy atom. The van der Waals surface area contributed by atoms with E-state index in [0.717, 1.165) is 25.7 Å². The van der Waals surface area contributed by atoms with E-state index in [1.807, 2.05) is 11.6 Å². The molecule has 2 heterocycles. The minimum Gasteiger partial charge on any atom is -0.466 e. The Hall–Kier alpha value is -1.64. The van der Waals surface area contributed by atoms with Crippen LogP contribution in [0.3, 0.4) is 0 Å². The predicted octanol–water partition coefficient (Wildman–Crippen LogP) is 1.29. The number of hydrogen-bond donors (Lipinski definition) is 0. The summed E-state index contributed by atoms with van der Waals surface area (Å²) in [4.78, 5) is 26.4. The van der Waals surface area contributed by atoms with E-state index in [4.69, 9.17) is 4.74 Å². The van der Waals surface area contributed by atoms with Crippen molar-refractivity contribution < 1.29 is 14.3 Å². The molecule has 1 aliphatic heterocycles. The fourth-order valence-electron chi connectivity index (χ4n) is 2.91. The molecule has 1 amide bonds. The number of likely N-dealkylation sites (tertiary alicyclic amines) is 1. The van der Waals surface area contributed by atoms with Gasteiger partial charge < -0.3 is 9.64 Å². The van der Waals surface area contributed by atoms with Gasteiger partial charge in [0.1, 0.15) is 0 Å². The van der Waals surface area contributed by atoms with Gasteiger partial charge >= 0.3 is 5.97 Å². The van der Waals surface area contributed by atoms with Crippen LogP contribution in [0.5, 0.6) is 0 Å². The maximum atomic E-state index is 12.7. The Morgan fingerprint density at radius 2 is 2.17 bits per heavy atom. The Kier molecular flexibility index (Phi) is 5.37. The summed E-state index contributed by atoms with van der Waals surface area (Å²) in [6.07, 6.45) is 3.79. The second kappa shape index (κ2) is 7.50. The van der Waals surface area contributed by atoms with Crippen LogP contribution in [0.15, 0.2) is 5.16 Å². The van der Waals surface area contributed by atoms with Crippen LogP contribution in [-0.4, -0.2) is 61.9 Å². The number of esters is 1. The first-order valence-corrected chi connectivity index (χ1v) is 9.38. The summed E-state index contributed by atoms with van der Waals surface area (Å²) in [6.45, 7) is 5.17. The number of ether oxygens (including phenoxy) is 1. The molecule has 2 unspecified atom stereocenters. The molecule has 2 fully saturated rings. The van der Waals surface area contributed by atoms with Crippen molar-refractivity contribution in [1.29, 1.82) is 0 Å². The van der Waals surface area contributed by atoms with E-state index in [1.54, 1.807) is 11.8 Å². The Bertz CT molecular complexity index is 604. The van der Waals surface area contributed by atoms with Gasteiger partial charge in [-0.05, 0) is 50.0 Å². The lowest BCUT2D eigenvalue weighted by Crippen LogP contribution is -2.45. The molecule has 1 aromatic heterocycles. The van der Waals surface area contributed by atoms with Gasteiger partial charge in [0.25, 0.3) is 0 Å². The third-order valence-electron chi connectivity index (χ3n) is 4.34. The number of aromatic nitrogens is 4. The van der Waals surface area contributed by atoms with Crippen LogP contribution in [-0.2, 0) is 14.3 Å². The second-order valence-corrected chi connectivity index (χ2v) is 7.58. The maximum absolute atomic E-state index is 12.7. The molecule has 0 aromatic carbocycles. The Balaban J connectivity index is 1.58. The van der Waals surface area contributed by atoms with E-state index in [1.165, 1.54) is 11.8 Å². The molecule has 2 atom stereocenters. The molecule has 9 heteroatoms. The van der Waals surface area contributed by atoms with E-state index < -0.39 is 0 Å². The summed E-state index contributed by atoms with van der Waals surface area (Å²) in [7, 11) is 0. The minimum absolute atomic E-state index is 0.0272. The monoisotopic (exact) mass is 353 g/mol. The van der Waals surface area contributed by atoms with Crippen molar-refractivity contribution >= 4 is 23.6 Å². The molecule has 8 nitrogen and oxygen atoms in total. The maximum Gasteiger partial charge on any atom is 0.310 e. The lowest BCUT2D eigenvalue weighted by molar-refractivity contribution is -0.151. The van der Waals surface area contributed by atoms with E-state index in [9.17, 15) is 9.59 Å². The first-order valence-electron chi connectivity index (χ1n) is 8.50. The van der Waals surface area contributed by atoms with Crippen molar-refractivity contribution in [3.05, 3.63) is 0 Å². The minimum atomic E-state index is -0.283. The average molecular weight is 353 g/mol. The molecule has 2 aliphatic rings. The number of hydrogen-bond acceptors (Lipinski definition) is 7. The van der Waals surface area contributed by atoms with E-state index in [2.05, 4.69) is 15.5 Å². The quantitative estimate of drug-likeness (QED) is 0.562. The standard InChI is InChI=1S/C15H23N5O3S/c1-3-23-14(22)11-5-4-8-19(9-11)13(21)10(2)24-15-16-17-18-20(15)12-6-7-12/h10-12H,3-9H2,1-2H3. The lowest BCUT2D eigenvalue weighted by Gasteiger charge is -2.33. The topological polar surface area (TPSA) is 90.2 Å². The van der Waals surface area contributed by atoms with Crippen molar-refractivity contribution in [2.45, 2.75) is 56.0 Å². The third-order valence-corrected chi connectivity index (χ3v) is 5.37. The average Bonchev–Trinajstić information content (AvgIpc) is 3.34. The zero-order chi connectivity index (χ0) is 17.1. The van der Waals surface area contributed by atoms with E-state index in [-0.39, 0.29) is 23.0 Å². The van der Waals surface area contributed by atoms with Crippen LogP contribution in [0, 0.1) is 5.92 Å². The SMILES string of the molecule is CCOC(=O)C1CCCN(C(=O)C(C)Sc2nnnn2C2CC2)C1. The summed E-state index contributed by atoms with van der Waals surface area (Å²) in [6, 6.07) is 0.382. The Labute approximate surface area is 145 Å². The van der Waals surface area contributed by atoms with Crippen LogP contribution in [0.2, 0.25) is 0 Å². The Morgan fingerprint density at radius 3 is 2.88 bits per heavy atom. The van der Waals surface area contributed by atoms with Crippen LogP contribution in [0.4, 0.5) is 0 Å². The van der Waals surface area contributed by atoms with Crippen LogP contribution >= 0.6 is 11.8 Å². The van der Waals surface area contributed by atoms with Gasteiger partial charge in [0.2, 0.25) is 11.1 Å². The highest BCUT2D eigenvalue weighted by molar-refractivity contribution is 8.00. The van der Waals surface area contributed by atoms with Crippen molar-refractivity contribution in [3.63, 3.8) is 0 Å². The fourth-order valence-corrected chi connectivity index (χ4v) is 3.85. The van der Waals surface area contributed by atoms with Gasteiger partial charge in [0.05, 0.1) is 23.8 Å². The first kappa shape index (κ1) is 17.2. The number of piperidine rings is 1. The number of amides is 1. The lowest BCUT2D eigenvalue weighted by atomic mass is 9.98. The summed E-state index contributed by atoms with van der Waals surface area (Å²) in [5, 5.41) is 12.2. The molecular formula is C15H23N5O3S. The van der Waals surface area contributed by atoms with Gasteiger partial charge in [-0.1, -0.05) is 11.8 Å². The molecular weight excluding hydrogens is 330 g/mol. The molecule has 0 N–H and O–H groups in total. The van der Waals surface area contributed by atoms with Crippen molar-refractivity contribution in [3.8, 4) is 0 Å². The van der Waals surface area contributed by atoms with Gasteiger partial charge in [-0.2, -0.15) is 0 Å². The number of nitrogens with zero attached hydrogens (tertiary/aromatic N) is 5. The third kappa shape index (κ3) is 3.88. The van der Waals surface area contributed by atoms with Gasteiger partial charge in [0.15, 0.2) is 0 Å². The zero-order valence-electron chi connectivity index (χ0n) is 14.1. The molecule has 0 radical (unpaired) electrons. The number of rotatable bonds is 6. The van der Waals surface area contributed by atoms with Gasteiger partial charge in [-0.15, -0.1) is 5.10 Å². The fraction of sp³-hybridized carbons (Fsp3) is 0.800. The van der Waals surface area contributed by atoms with Gasteiger partial charge in [0, 0.05) is 13.1 Å². The highest BCUT2D eigenvalue weighted by Gasteiger charge is 2.33. The number of thioether (sulfide) groups is 1. The van der Waals surface area contributed by atoms with Crippen LogP contribution in [0.1, 0.15) is 45.6 Å².